The number of hydrogen-bond donors (Lipinski definition) is 0. The lowest BCUT2D eigenvalue weighted by Crippen LogP contribution is -2.22. The van der Waals surface area contributed by atoms with Crippen LogP contribution in [0.5, 0.6) is 5.75 Å². The van der Waals surface area contributed by atoms with Gasteiger partial charge in [0.1, 0.15) is 11.4 Å². The summed E-state index contributed by atoms with van der Waals surface area (Å²) in [6.45, 7) is 6.91. The third kappa shape index (κ3) is 4.84. The van der Waals surface area contributed by atoms with Crippen molar-refractivity contribution in [3.05, 3.63) is 29.8 Å². The Morgan fingerprint density at radius 3 is 2.13 bits per heavy atom. The lowest BCUT2D eigenvalue weighted by molar-refractivity contribution is 0.131. The Hall–Kier alpha value is -1.02. The molecule has 15 heavy (non-hydrogen) atoms. The van der Waals surface area contributed by atoms with Gasteiger partial charge >= 0.3 is 0 Å². The van der Waals surface area contributed by atoms with Gasteiger partial charge in [-0.3, -0.25) is 0 Å². The maximum absolute atomic E-state index is 5.73. The zero-order valence-corrected chi connectivity index (χ0v) is 10.0. The second-order valence-electron chi connectivity index (χ2n) is 4.60. The molecule has 0 heterocycles. The molecule has 0 aliphatic carbocycles. The van der Waals surface area contributed by atoms with Gasteiger partial charge in [-0.05, 0) is 44.9 Å². The predicted molar refractivity (Wildman–Crippen MR) is 62.4 cm³/mol. The molecule has 0 fully saturated rings. The lowest BCUT2D eigenvalue weighted by atomic mass is 10.1. The van der Waals surface area contributed by atoms with Crippen molar-refractivity contribution in [2.45, 2.75) is 32.8 Å². The van der Waals surface area contributed by atoms with Crippen molar-refractivity contribution < 1.29 is 9.47 Å². The molecule has 0 radical (unpaired) electrons. The summed E-state index contributed by atoms with van der Waals surface area (Å²) in [6, 6.07) is 8.19. The molecule has 0 aliphatic heterocycles. The highest BCUT2D eigenvalue weighted by atomic mass is 16.5. The number of rotatable bonds is 4. The summed E-state index contributed by atoms with van der Waals surface area (Å²) in [6.07, 6.45) is 0.951. The van der Waals surface area contributed by atoms with E-state index in [1.54, 1.807) is 7.11 Å². The monoisotopic (exact) mass is 208 g/mol. The van der Waals surface area contributed by atoms with E-state index in [0.29, 0.717) is 0 Å². The Morgan fingerprint density at radius 1 is 1.07 bits per heavy atom. The number of hydrogen-bond acceptors (Lipinski definition) is 2. The van der Waals surface area contributed by atoms with E-state index in [9.17, 15) is 0 Å². The van der Waals surface area contributed by atoms with E-state index in [4.69, 9.17) is 9.47 Å². The van der Waals surface area contributed by atoms with E-state index >= 15 is 0 Å². The SMILES string of the molecule is COCCc1ccc(OC(C)(C)C)cc1. The fraction of sp³-hybridized carbons (Fsp3) is 0.538. The molecular formula is C13H20O2. The molecular weight excluding hydrogens is 188 g/mol. The van der Waals surface area contributed by atoms with Gasteiger partial charge in [0.25, 0.3) is 0 Å². The molecule has 0 aliphatic rings. The van der Waals surface area contributed by atoms with Crippen LogP contribution in [0.4, 0.5) is 0 Å². The van der Waals surface area contributed by atoms with Crippen molar-refractivity contribution in [3.63, 3.8) is 0 Å². The summed E-state index contributed by atoms with van der Waals surface area (Å²) < 4.78 is 10.8. The second kappa shape index (κ2) is 5.17. The van der Waals surface area contributed by atoms with Crippen molar-refractivity contribution in [2.24, 2.45) is 0 Å². The first-order valence-electron chi connectivity index (χ1n) is 5.28. The van der Waals surface area contributed by atoms with Crippen LogP contribution in [0.25, 0.3) is 0 Å². The first kappa shape index (κ1) is 12.1. The first-order valence-corrected chi connectivity index (χ1v) is 5.28. The van der Waals surface area contributed by atoms with Crippen LogP contribution in [0, 0.1) is 0 Å². The molecule has 0 saturated carbocycles. The van der Waals surface area contributed by atoms with Crippen molar-refractivity contribution in [1.29, 1.82) is 0 Å². The molecule has 1 rings (SSSR count). The summed E-state index contributed by atoms with van der Waals surface area (Å²) in [7, 11) is 1.72. The zero-order chi connectivity index (χ0) is 11.3. The van der Waals surface area contributed by atoms with Crippen LogP contribution < -0.4 is 4.74 Å². The maximum Gasteiger partial charge on any atom is 0.120 e. The van der Waals surface area contributed by atoms with Crippen molar-refractivity contribution in [3.8, 4) is 5.75 Å². The van der Waals surface area contributed by atoms with Gasteiger partial charge in [-0.15, -0.1) is 0 Å². The van der Waals surface area contributed by atoms with E-state index < -0.39 is 0 Å². The Labute approximate surface area is 92.2 Å². The molecule has 0 bridgehead atoms. The van der Waals surface area contributed by atoms with Crippen LogP contribution in [0.2, 0.25) is 0 Å². The minimum absolute atomic E-state index is 0.131. The molecule has 0 spiro atoms. The molecule has 0 amide bonds. The van der Waals surface area contributed by atoms with Gasteiger partial charge in [0, 0.05) is 7.11 Å². The van der Waals surface area contributed by atoms with Gasteiger partial charge in [0.2, 0.25) is 0 Å². The Morgan fingerprint density at radius 2 is 1.67 bits per heavy atom. The fourth-order valence-corrected chi connectivity index (χ4v) is 1.30. The average molecular weight is 208 g/mol. The molecule has 0 aromatic heterocycles. The van der Waals surface area contributed by atoms with Gasteiger partial charge in [0.05, 0.1) is 6.61 Å². The number of benzene rings is 1. The number of ether oxygens (including phenoxy) is 2. The topological polar surface area (TPSA) is 18.5 Å². The van der Waals surface area contributed by atoms with Gasteiger partial charge < -0.3 is 9.47 Å². The largest absolute Gasteiger partial charge is 0.488 e. The minimum atomic E-state index is -0.131. The average Bonchev–Trinajstić information content (AvgIpc) is 2.14. The number of methoxy groups -OCH3 is 1. The summed E-state index contributed by atoms with van der Waals surface area (Å²) in [5.74, 6) is 0.920. The molecule has 0 saturated heterocycles. The molecule has 0 unspecified atom stereocenters. The standard InChI is InChI=1S/C13H20O2/c1-13(2,3)15-12-7-5-11(6-8-12)9-10-14-4/h5-8H,9-10H2,1-4H3. The van der Waals surface area contributed by atoms with E-state index in [1.165, 1.54) is 5.56 Å². The van der Waals surface area contributed by atoms with Gasteiger partial charge in [-0.25, -0.2) is 0 Å². The third-order valence-corrected chi connectivity index (χ3v) is 1.94. The quantitative estimate of drug-likeness (QED) is 0.757. The maximum atomic E-state index is 5.73. The molecule has 1 aromatic carbocycles. The fourth-order valence-electron chi connectivity index (χ4n) is 1.30. The third-order valence-electron chi connectivity index (χ3n) is 1.94. The Balaban J connectivity index is 2.56. The van der Waals surface area contributed by atoms with Crippen LogP contribution in [0.15, 0.2) is 24.3 Å². The van der Waals surface area contributed by atoms with E-state index in [2.05, 4.69) is 12.1 Å². The smallest absolute Gasteiger partial charge is 0.120 e. The van der Waals surface area contributed by atoms with Crippen molar-refractivity contribution in [2.75, 3.05) is 13.7 Å². The van der Waals surface area contributed by atoms with Gasteiger partial charge in [-0.2, -0.15) is 0 Å². The van der Waals surface area contributed by atoms with Crippen LogP contribution in [-0.4, -0.2) is 19.3 Å². The normalized spacial score (nSPS) is 11.5. The van der Waals surface area contributed by atoms with Crippen LogP contribution in [0.3, 0.4) is 0 Å². The highest BCUT2D eigenvalue weighted by Gasteiger charge is 2.11. The van der Waals surface area contributed by atoms with E-state index in [-0.39, 0.29) is 5.60 Å². The van der Waals surface area contributed by atoms with E-state index in [1.807, 2.05) is 32.9 Å². The van der Waals surface area contributed by atoms with Crippen LogP contribution in [0.1, 0.15) is 26.3 Å². The summed E-state index contributed by atoms with van der Waals surface area (Å²) in [5.41, 5.74) is 1.15. The molecule has 2 nitrogen and oxygen atoms in total. The van der Waals surface area contributed by atoms with Crippen LogP contribution >= 0.6 is 0 Å². The molecule has 0 N–H and O–H groups in total. The molecule has 1 aromatic rings. The zero-order valence-electron chi connectivity index (χ0n) is 10.0. The van der Waals surface area contributed by atoms with Crippen molar-refractivity contribution >= 4 is 0 Å². The van der Waals surface area contributed by atoms with Crippen LogP contribution in [-0.2, 0) is 11.2 Å². The predicted octanol–water partition coefficient (Wildman–Crippen LogP) is 3.05. The summed E-state index contributed by atoms with van der Waals surface area (Å²) in [4.78, 5) is 0. The van der Waals surface area contributed by atoms with E-state index in [0.717, 1.165) is 18.8 Å². The minimum Gasteiger partial charge on any atom is -0.488 e. The summed E-state index contributed by atoms with van der Waals surface area (Å²) >= 11 is 0. The first-order chi connectivity index (χ1) is 7.01. The highest BCUT2D eigenvalue weighted by Crippen LogP contribution is 2.18. The molecule has 84 valence electrons. The molecule has 2 heteroatoms. The lowest BCUT2D eigenvalue weighted by Gasteiger charge is -2.21. The summed E-state index contributed by atoms with van der Waals surface area (Å²) in [5, 5.41) is 0. The highest BCUT2D eigenvalue weighted by molar-refractivity contribution is 5.27. The van der Waals surface area contributed by atoms with Gasteiger partial charge in [-0.1, -0.05) is 12.1 Å². The second-order valence-corrected chi connectivity index (χ2v) is 4.60. The van der Waals surface area contributed by atoms with Crippen molar-refractivity contribution in [1.82, 2.24) is 0 Å². The van der Waals surface area contributed by atoms with Gasteiger partial charge in [0.15, 0.2) is 0 Å². The Bertz CT molecular complexity index is 282. The molecule has 0 atom stereocenters. The Kier molecular flexibility index (Phi) is 4.15.